The van der Waals surface area contributed by atoms with Crippen molar-refractivity contribution in [1.29, 1.82) is 5.26 Å². The number of rotatable bonds is 6. The number of hydrogen-bond acceptors (Lipinski definition) is 8. The van der Waals surface area contributed by atoms with Crippen LogP contribution in [0.25, 0.3) is 11.2 Å². The molecule has 178 valence electrons. The third-order valence-electron chi connectivity index (χ3n) is 7.24. The maximum atomic E-state index is 9.12. The summed E-state index contributed by atoms with van der Waals surface area (Å²) in [4.78, 5) is 14.4. The Hall–Kier alpha value is -3.22. The van der Waals surface area contributed by atoms with E-state index in [1.165, 1.54) is 12.8 Å². The van der Waals surface area contributed by atoms with Crippen molar-refractivity contribution in [3.63, 3.8) is 0 Å². The molecule has 6 N–H and O–H groups in total. The first-order valence-corrected chi connectivity index (χ1v) is 12.3. The van der Waals surface area contributed by atoms with Crippen LogP contribution in [0.1, 0.15) is 75.5 Å². The van der Waals surface area contributed by atoms with Crippen LogP contribution < -0.4 is 22.1 Å². The number of nitrogens with zero attached hydrogens (tertiary/aromatic N) is 5. The lowest BCUT2D eigenvalue weighted by atomic mass is 9.92. The molecule has 2 heterocycles. The van der Waals surface area contributed by atoms with Crippen molar-refractivity contribution in [3.05, 3.63) is 41.7 Å². The number of nitrogens with one attached hydrogen (secondary N) is 2. The topological polar surface area (TPSA) is 143 Å². The van der Waals surface area contributed by atoms with Gasteiger partial charge in [0.2, 0.25) is 5.95 Å². The monoisotopic (exact) mass is 459 g/mol. The van der Waals surface area contributed by atoms with Crippen molar-refractivity contribution in [1.82, 2.24) is 19.5 Å². The van der Waals surface area contributed by atoms with Gasteiger partial charge in [-0.2, -0.15) is 15.2 Å². The van der Waals surface area contributed by atoms with Crippen LogP contribution in [0.4, 0.5) is 11.8 Å². The third kappa shape index (κ3) is 4.56. The molecule has 0 radical (unpaired) electrons. The molecule has 0 spiro atoms. The predicted molar refractivity (Wildman–Crippen MR) is 133 cm³/mol. The Labute approximate surface area is 200 Å². The van der Waals surface area contributed by atoms with Gasteiger partial charge in [-0.1, -0.05) is 25.0 Å². The summed E-state index contributed by atoms with van der Waals surface area (Å²) < 4.78 is 2.20. The third-order valence-corrected chi connectivity index (χ3v) is 7.24. The molecule has 0 aliphatic heterocycles. The number of benzene rings is 1. The van der Waals surface area contributed by atoms with Crippen molar-refractivity contribution in [2.75, 3.05) is 10.6 Å². The zero-order valence-corrected chi connectivity index (χ0v) is 19.7. The smallest absolute Gasteiger partial charge is 0.227 e. The Morgan fingerprint density at radius 3 is 2.44 bits per heavy atom. The highest BCUT2D eigenvalue weighted by atomic mass is 15.2. The van der Waals surface area contributed by atoms with Gasteiger partial charge in [-0.3, -0.25) is 0 Å². The van der Waals surface area contributed by atoms with Gasteiger partial charge in [0.15, 0.2) is 17.0 Å². The second kappa shape index (κ2) is 9.20. The summed E-state index contributed by atoms with van der Waals surface area (Å²) in [6.07, 6.45) is 10.7. The van der Waals surface area contributed by atoms with Gasteiger partial charge in [-0.15, -0.1) is 0 Å². The normalized spacial score (nSPS) is 22.9. The zero-order valence-electron chi connectivity index (χ0n) is 19.7. The number of aromatic nitrogens is 4. The molecule has 5 rings (SSSR count). The second-order valence-electron chi connectivity index (χ2n) is 9.93. The quantitative estimate of drug-likeness (QED) is 0.408. The molecular weight excluding hydrogens is 426 g/mol. The van der Waals surface area contributed by atoms with Gasteiger partial charge in [-0.25, -0.2) is 4.98 Å². The van der Waals surface area contributed by atoms with E-state index < -0.39 is 5.66 Å². The van der Waals surface area contributed by atoms with Crippen LogP contribution in [0.2, 0.25) is 0 Å². The number of hydrogen-bond donors (Lipinski definition) is 4. The van der Waals surface area contributed by atoms with Gasteiger partial charge >= 0.3 is 0 Å². The van der Waals surface area contributed by atoms with Crippen molar-refractivity contribution < 1.29 is 0 Å². The van der Waals surface area contributed by atoms with Crippen LogP contribution in [0.5, 0.6) is 0 Å². The Morgan fingerprint density at radius 1 is 1.06 bits per heavy atom. The molecule has 0 amide bonds. The lowest BCUT2D eigenvalue weighted by Gasteiger charge is -2.29. The summed E-state index contributed by atoms with van der Waals surface area (Å²) in [5, 5.41) is 16.1. The van der Waals surface area contributed by atoms with E-state index in [9.17, 15) is 0 Å². The van der Waals surface area contributed by atoms with Gasteiger partial charge in [-0.05, 0) is 63.1 Å². The standard InChI is InChI=1S/C25H33N9/c1-25(28,17-8-6-16(14-26)7-9-17)33-22-21-23(34(15-29-21)20-4-2-3-5-20)32-24(31-22)30-19-12-10-18(27)11-13-19/h6-9,15,18-20H,2-5,10-13,27-28H2,1H3,(H2,30,31,32,33). The molecule has 2 aliphatic carbocycles. The largest absolute Gasteiger partial charge is 0.351 e. The minimum atomic E-state index is -0.915. The number of fused-ring (bicyclic) bond motifs is 1. The fraction of sp³-hybridized carbons (Fsp3) is 0.520. The van der Waals surface area contributed by atoms with E-state index in [1.807, 2.05) is 25.4 Å². The van der Waals surface area contributed by atoms with E-state index in [1.54, 1.807) is 12.1 Å². The van der Waals surface area contributed by atoms with E-state index in [0.29, 0.717) is 34.9 Å². The van der Waals surface area contributed by atoms with E-state index >= 15 is 0 Å². The fourth-order valence-corrected chi connectivity index (χ4v) is 5.17. The average molecular weight is 460 g/mol. The molecule has 2 aromatic heterocycles. The average Bonchev–Trinajstić information content (AvgIpc) is 3.50. The van der Waals surface area contributed by atoms with Crippen LogP contribution in [0.3, 0.4) is 0 Å². The Bertz CT molecular complexity index is 1180. The molecule has 0 saturated heterocycles. The molecule has 9 nitrogen and oxygen atoms in total. The molecule has 1 aromatic carbocycles. The molecule has 3 aromatic rings. The van der Waals surface area contributed by atoms with Crippen molar-refractivity contribution in [2.24, 2.45) is 11.5 Å². The Kier molecular flexibility index (Phi) is 6.11. The van der Waals surface area contributed by atoms with Crippen LogP contribution in [-0.4, -0.2) is 31.6 Å². The molecule has 2 saturated carbocycles. The lowest BCUT2D eigenvalue weighted by Crippen LogP contribution is -2.41. The first-order chi connectivity index (χ1) is 16.4. The summed E-state index contributed by atoms with van der Waals surface area (Å²) >= 11 is 0. The van der Waals surface area contributed by atoms with E-state index in [4.69, 9.17) is 31.7 Å². The second-order valence-corrected chi connectivity index (χ2v) is 9.93. The fourth-order valence-electron chi connectivity index (χ4n) is 5.17. The van der Waals surface area contributed by atoms with Gasteiger partial charge < -0.3 is 26.7 Å². The minimum Gasteiger partial charge on any atom is -0.351 e. The van der Waals surface area contributed by atoms with Crippen LogP contribution >= 0.6 is 0 Å². The lowest BCUT2D eigenvalue weighted by molar-refractivity contribution is 0.410. The summed E-state index contributed by atoms with van der Waals surface area (Å²) in [7, 11) is 0. The van der Waals surface area contributed by atoms with Gasteiger partial charge in [0.25, 0.3) is 0 Å². The summed E-state index contributed by atoms with van der Waals surface area (Å²) in [6.45, 7) is 1.89. The van der Waals surface area contributed by atoms with Crippen LogP contribution in [0, 0.1) is 11.3 Å². The van der Waals surface area contributed by atoms with Gasteiger partial charge in [0, 0.05) is 18.1 Å². The highest BCUT2D eigenvalue weighted by molar-refractivity contribution is 5.85. The summed E-state index contributed by atoms with van der Waals surface area (Å²) in [6, 6.07) is 10.4. The molecule has 34 heavy (non-hydrogen) atoms. The predicted octanol–water partition coefficient (Wildman–Crippen LogP) is 3.74. The number of nitriles is 1. The van der Waals surface area contributed by atoms with Crippen LogP contribution in [-0.2, 0) is 5.66 Å². The SMILES string of the molecule is CC(N)(Nc1nc(NC2CCC(N)CC2)nc2c1ncn2C1CCCC1)c1ccc(C#N)cc1. The first kappa shape index (κ1) is 22.6. The minimum absolute atomic E-state index is 0.285. The molecule has 2 fully saturated rings. The van der Waals surface area contributed by atoms with Crippen molar-refractivity contribution in [2.45, 2.75) is 82.1 Å². The first-order valence-electron chi connectivity index (χ1n) is 12.3. The van der Waals surface area contributed by atoms with Gasteiger partial charge in [0.1, 0.15) is 5.66 Å². The molecule has 1 atom stereocenters. The number of imidazole rings is 1. The molecule has 1 unspecified atom stereocenters. The Balaban J connectivity index is 1.50. The highest BCUT2D eigenvalue weighted by Crippen LogP contribution is 2.34. The zero-order chi connectivity index (χ0) is 23.7. The Morgan fingerprint density at radius 2 is 1.76 bits per heavy atom. The van der Waals surface area contributed by atoms with Crippen molar-refractivity contribution >= 4 is 22.9 Å². The number of anilines is 2. The van der Waals surface area contributed by atoms with E-state index in [2.05, 4.69) is 21.3 Å². The van der Waals surface area contributed by atoms with Crippen molar-refractivity contribution in [3.8, 4) is 6.07 Å². The maximum Gasteiger partial charge on any atom is 0.227 e. The van der Waals surface area contributed by atoms with Crippen LogP contribution in [0.15, 0.2) is 30.6 Å². The molecule has 9 heteroatoms. The molecule has 0 bridgehead atoms. The highest BCUT2D eigenvalue weighted by Gasteiger charge is 2.27. The molecular formula is C25H33N9. The van der Waals surface area contributed by atoms with Gasteiger partial charge in [0.05, 0.1) is 18.0 Å². The maximum absolute atomic E-state index is 9.12. The summed E-state index contributed by atoms with van der Waals surface area (Å²) in [5.41, 5.74) is 14.9. The number of nitrogens with two attached hydrogens (primary N) is 2. The summed E-state index contributed by atoms with van der Waals surface area (Å²) in [5.74, 6) is 1.19. The van der Waals surface area contributed by atoms with E-state index in [-0.39, 0.29) is 6.04 Å². The van der Waals surface area contributed by atoms with E-state index in [0.717, 1.165) is 49.7 Å². The molecule has 2 aliphatic rings.